The molecule has 0 bridgehead atoms. The summed E-state index contributed by atoms with van der Waals surface area (Å²) in [5.74, 6) is 0.910. The summed E-state index contributed by atoms with van der Waals surface area (Å²) < 4.78 is 7.40. The zero-order chi connectivity index (χ0) is 9.84. The lowest BCUT2D eigenvalue weighted by Crippen LogP contribution is -2.05. The van der Waals surface area contributed by atoms with Crippen molar-refractivity contribution in [1.82, 2.24) is 0 Å². The third-order valence-corrected chi connectivity index (χ3v) is 1.97. The van der Waals surface area contributed by atoms with Gasteiger partial charge in [0.2, 0.25) is 0 Å². The van der Waals surface area contributed by atoms with Crippen LogP contribution >= 0.6 is 16.1 Å². The topological polar surface area (TPSA) is 12.5 Å². The number of halogens is 1. The highest BCUT2D eigenvalue weighted by atomic mass is 79.9. The van der Waals surface area contributed by atoms with Crippen LogP contribution in [0.1, 0.15) is 13.8 Å². The molecular formula is C10H14BrNO. The summed E-state index contributed by atoms with van der Waals surface area (Å²) in [7, 11) is 1.94. The van der Waals surface area contributed by atoms with Crippen molar-refractivity contribution in [2.45, 2.75) is 20.0 Å². The molecule has 0 aliphatic heterocycles. The number of anilines is 1. The summed E-state index contributed by atoms with van der Waals surface area (Å²) in [6.07, 6.45) is 0.229. The average Bonchev–Trinajstić information content (AvgIpc) is 2.04. The smallest absolute Gasteiger partial charge is 0.119 e. The normalized spacial score (nSPS) is 10.2. The van der Waals surface area contributed by atoms with Gasteiger partial charge in [-0.2, -0.15) is 0 Å². The van der Waals surface area contributed by atoms with Crippen molar-refractivity contribution in [2.24, 2.45) is 0 Å². The lowest BCUT2D eigenvalue weighted by atomic mass is 10.3. The van der Waals surface area contributed by atoms with Gasteiger partial charge in [0.25, 0.3) is 0 Å². The molecule has 1 aromatic carbocycles. The van der Waals surface area contributed by atoms with Crippen LogP contribution in [0.25, 0.3) is 0 Å². The molecule has 72 valence electrons. The lowest BCUT2D eigenvalue weighted by molar-refractivity contribution is 0.242. The van der Waals surface area contributed by atoms with E-state index >= 15 is 0 Å². The van der Waals surface area contributed by atoms with E-state index < -0.39 is 0 Å². The standard InChI is InChI=1S/C10H14BrNO/c1-8(2)13-10-6-4-9(5-7-10)12(3)11/h4-8H,1-3H3. The van der Waals surface area contributed by atoms with E-state index in [-0.39, 0.29) is 6.10 Å². The van der Waals surface area contributed by atoms with Gasteiger partial charge >= 0.3 is 0 Å². The van der Waals surface area contributed by atoms with E-state index in [1.165, 1.54) is 0 Å². The summed E-state index contributed by atoms with van der Waals surface area (Å²) in [6.45, 7) is 4.04. The Morgan fingerprint density at radius 1 is 1.23 bits per heavy atom. The van der Waals surface area contributed by atoms with Crippen molar-refractivity contribution in [3.05, 3.63) is 24.3 Å². The Kier molecular flexibility index (Phi) is 3.60. The van der Waals surface area contributed by atoms with Crippen LogP contribution in [0, 0.1) is 0 Å². The van der Waals surface area contributed by atoms with Crippen molar-refractivity contribution in [2.75, 3.05) is 11.0 Å². The number of ether oxygens (including phenoxy) is 1. The highest BCUT2D eigenvalue weighted by molar-refractivity contribution is 9.10. The fourth-order valence-corrected chi connectivity index (χ4v) is 1.24. The Balaban J connectivity index is 2.70. The second kappa shape index (κ2) is 4.51. The van der Waals surface area contributed by atoms with Crippen molar-refractivity contribution >= 4 is 21.8 Å². The Bertz CT molecular complexity index is 256. The molecule has 0 fully saturated rings. The van der Waals surface area contributed by atoms with Crippen molar-refractivity contribution in [1.29, 1.82) is 0 Å². The third kappa shape index (κ3) is 3.27. The number of hydrogen-bond donors (Lipinski definition) is 0. The molecule has 13 heavy (non-hydrogen) atoms. The summed E-state index contributed by atoms with van der Waals surface area (Å²) in [5, 5.41) is 0. The molecule has 0 saturated carbocycles. The molecule has 2 nitrogen and oxygen atoms in total. The van der Waals surface area contributed by atoms with Gasteiger partial charge < -0.3 is 8.66 Å². The van der Waals surface area contributed by atoms with Gasteiger partial charge in [0.1, 0.15) is 5.75 Å². The van der Waals surface area contributed by atoms with Gasteiger partial charge in [0, 0.05) is 28.9 Å². The molecule has 0 amide bonds. The maximum atomic E-state index is 5.52. The number of nitrogens with zero attached hydrogens (tertiary/aromatic N) is 1. The molecular weight excluding hydrogens is 230 g/mol. The Labute approximate surface area is 87.8 Å². The number of hydrogen-bond acceptors (Lipinski definition) is 2. The zero-order valence-corrected chi connectivity index (χ0v) is 9.71. The first-order valence-corrected chi connectivity index (χ1v) is 4.97. The van der Waals surface area contributed by atoms with Gasteiger partial charge in [0.15, 0.2) is 0 Å². The molecule has 0 aliphatic carbocycles. The van der Waals surface area contributed by atoms with Crippen LogP contribution < -0.4 is 8.66 Å². The second-order valence-corrected chi connectivity index (χ2v) is 4.20. The van der Waals surface area contributed by atoms with E-state index in [0.717, 1.165) is 11.4 Å². The molecule has 0 atom stereocenters. The summed E-state index contributed by atoms with van der Waals surface area (Å²) >= 11 is 3.35. The molecule has 0 saturated heterocycles. The van der Waals surface area contributed by atoms with E-state index in [1.54, 1.807) is 0 Å². The molecule has 0 unspecified atom stereocenters. The van der Waals surface area contributed by atoms with E-state index in [0.29, 0.717) is 0 Å². The molecule has 1 rings (SSSR count). The zero-order valence-electron chi connectivity index (χ0n) is 8.12. The van der Waals surface area contributed by atoms with E-state index in [1.807, 2.05) is 49.1 Å². The molecule has 0 aromatic heterocycles. The van der Waals surface area contributed by atoms with Gasteiger partial charge in [-0.25, -0.2) is 0 Å². The lowest BCUT2D eigenvalue weighted by Gasteiger charge is -2.12. The van der Waals surface area contributed by atoms with Crippen molar-refractivity contribution < 1.29 is 4.74 Å². The highest BCUT2D eigenvalue weighted by Gasteiger charge is 1.99. The SMILES string of the molecule is CC(C)Oc1ccc(N(C)Br)cc1. The molecule has 3 heteroatoms. The quantitative estimate of drug-likeness (QED) is 0.757. The minimum atomic E-state index is 0.229. The maximum absolute atomic E-state index is 5.52. The van der Waals surface area contributed by atoms with Gasteiger partial charge in [-0.3, -0.25) is 0 Å². The van der Waals surface area contributed by atoms with Crippen LogP contribution in [0.5, 0.6) is 5.75 Å². The Hall–Kier alpha value is -0.700. The van der Waals surface area contributed by atoms with Gasteiger partial charge in [-0.05, 0) is 38.1 Å². The first-order valence-electron chi connectivity index (χ1n) is 4.26. The summed E-state index contributed by atoms with van der Waals surface area (Å²) in [4.78, 5) is 0. The first kappa shape index (κ1) is 10.4. The van der Waals surface area contributed by atoms with Gasteiger partial charge in [-0.1, -0.05) is 0 Å². The third-order valence-electron chi connectivity index (χ3n) is 1.56. The molecule has 0 N–H and O–H groups in total. The van der Waals surface area contributed by atoms with Crippen LogP contribution in [-0.2, 0) is 0 Å². The number of benzene rings is 1. The van der Waals surface area contributed by atoms with Gasteiger partial charge in [0.05, 0.1) is 6.10 Å². The number of rotatable bonds is 3. The molecule has 0 radical (unpaired) electrons. The second-order valence-electron chi connectivity index (χ2n) is 3.14. The Morgan fingerprint density at radius 3 is 2.15 bits per heavy atom. The van der Waals surface area contributed by atoms with Crippen LogP contribution in [0.2, 0.25) is 0 Å². The Morgan fingerprint density at radius 2 is 1.77 bits per heavy atom. The molecule has 0 spiro atoms. The van der Waals surface area contributed by atoms with Crippen LogP contribution in [0.3, 0.4) is 0 Å². The minimum Gasteiger partial charge on any atom is -0.491 e. The van der Waals surface area contributed by atoms with Crippen molar-refractivity contribution in [3.63, 3.8) is 0 Å². The van der Waals surface area contributed by atoms with E-state index in [2.05, 4.69) is 16.1 Å². The predicted molar refractivity (Wildman–Crippen MR) is 59.5 cm³/mol. The fourth-order valence-electron chi connectivity index (χ4n) is 1.00. The predicted octanol–water partition coefficient (Wildman–Crippen LogP) is 3.22. The fraction of sp³-hybridized carbons (Fsp3) is 0.400. The molecule has 0 aliphatic rings. The summed E-state index contributed by atoms with van der Waals surface area (Å²) in [6, 6.07) is 7.94. The first-order chi connectivity index (χ1) is 6.09. The summed E-state index contributed by atoms with van der Waals surface area (Å²) in [5.41, 5.74) is 1.11. The average molecular weight is 244 g/mol. The largest absolute Gasteiger partial charge is 0.491 e. The van der Waals surface area contributed by atoms with Crippen molar-refractivity contribution in [3.8, 4) is 5.75 Å². The monoisotopic (exact) mass is 243 g/mol. The maximum Gasteiger partial charge on any atom is 0.119 e. The highest BCUT2D eigenvalue weighted by Crippen LogP contribution is 2.20. The minimum absolute atomic E-state index is 0.229. The van der Waals surface area contributed by atoms with Gasteiger partial charge in [-0.15, -0.1) is 0 Å². The molecule has 0 heterocycles. The van der Waals surface area contributed by atoms with E-state index in [4.69, 9.17) is 4.74 Å². The molecule has 1 aromatic rings. The van der Waals surface area contributed by atoms with E-state index in [9.17, 15) is 0 Å². The van der Waals surface area contributed by atoms with Crippen LogP contribution in [-0.4, -0.2) is 13.2 Å². The van der Waals surface area contributed by atoms with Crippen LogP contribution in [0.4, 0.5) is 5.69 Å². The van der Waals surface area contributed by atoms with Crippen LogP contribution in [0.15, 0.2) is 24.3 Å².